The summed E-state index contributed by atoms with van der Waals surface area (Å²) >= 11 is 14.3. The molecule has 56 heavy (non-hydrogen) atoms. The number of carbonyl (C=O) groups is 4. The largest absolute Gasteiger partial charge is 0.444 e. The van der Waals surface area contributed by atoms with E-state index in [4.69, 9.17) is 38.5 Å². The molecule has 2 saturated heterocycles. The highest BCUT2D eigenvalue weighted by Crippen LogP contribution is 2.29. The molecule has 0 unspecified atom stereocenters. The fourth-order valence-electron chi connectivity index (χ4n) is 6.12. The Morgan fingerprint density at radius 1 is 0.821 bits per heavy atom. The summed E-state index contributed by atoms with van der Waals surface area (Å²) in [5, 5.41) is 6.68. The maximum atomic E-state index is 12.3. The first-order valence-corrected chi connectivity index (χ1v) is 20.4. The van der Waals surface area contributed by atoms with Gasteiger partial charge in [0.2, 0.25) is 0 Å². The maximum absolute atomic E-state index is 12.3. The summed E-state index contributed by atoms with van der Waals surface area (Å²) in [7, 11) is 1.87. The lowest BCUT2D eigenvalue weighted by Crippen LogP contribution is -2.42. The van der Waals surface area contributed by atoms with Crippen LogP contribution in [0.3, 0.4) is 0 Å². The number of hydrogen-bond acceptors (Lipinski definition) is 14. The predicted octanol–water partition coefficient (Wildman–Crippen LogP) is 7.03. The Labute approximate surface area is 342 Å². The number of likely N-dealkylation sites (N-methyl/N-ethyl adjacent to an activating group) is 1. The number of benzene rings is 2. The van der Waals surface area contributed by atoms with Crippen molar-refractivity contribution in [2.75, 3.05) is 66.1 Å². The number of hydrazine groups is 2. The molecule has 0 saturated carbocycles. The average Bonchev–Trinajstić information content (AvgIpc) is 4.03. The van der Waals surface area contributed by atoms with Crippen molar-refractivity contribution in [3.8, 4) is 0 Å². The molecule has 0 radical (unpaired) electrons. The van der Waals surface area contributed by atoms with E-state index in [9.17, 15) is 19.2 Å². The van der Waals surface area contributed by atoms with E-state index < -0.39 is 6.09 Å². The van der Waals surface area contributed by atoms with Gasteiger partial charge in [-0.15, -0.1) is 22.7 Å². The van der Waals surface area contributed by atoms with Gasteiger partial charge in [-0.3, -0.25) is 34.8 Å². The van der Waals surface area contributed by atoms with E-state index >= 15 is 0 Å². The molecule has 3 aliphatic rings. The van der Waals surface area contributed by atoms with Gasteiger partial charge in [-0.2, -0.15) is 0 Å². The van der Waals surface area contributed by atoms with Crippen LogP contribution in [-0.4, -0.2) is 88.6 Å². The van der Waals surface area contributed by atoms with E-state index in [2.05, 4.69) is 15.7 Å². The van der Waals surface area contributed by atoms with E-state index in [0.29, 0.717) is 63.7 Å². The number of anilines is 4. The molecule has 18 heteroatoms. The molecule has 4 N–H and O–H groups in total. The maximum Gasteiger partial charge on any atom is 0.414 e. The highest BCUT2D eigenvalue weighted by atomic mass is 35.5. The van der Waals surface area contributed by atoms with Gasteiger partial charge in [-0.1, -0.05) is 23.2 Å². The Morgan fingerprint density at radius 2 is 1.32 bits per heavy atom. The summed E-state index contributed by atoms with van der Waals surface area (Å²) in [4.78, 5) is 57.5. The average molecular weight is 842 g/mol. The highest BCUT2D eigenvalue weighted by molar-refractivity contribution is 7.18. The van der Waals surface area contributed by atoms with Gasteiger partial charge in [0, 0.05) is 37.3 Å². The Hall–Kier alpha value is -4.71. The van der Waals surface area contributed by atoms with Crippen molar-refractivity contribution in [2.45, 2.75) is 37.9 Å². The van der Waals surface area contributed by atoms with E-state index in [-0.39, 0.29) is 29.9 Å². The smallest absolute Gasteiger partial charge is 0.414 e. The molecule has 0 spiro atoms. The second-order valence-corrected chi connectivity index (χ2v) is 16.4. The number of cyclic esters (lactones) is 2. The fraction of sp³-hybridized carbons (Fsp3) is 0.342. The molecule has 0 bridgehead atoms. The van der Waals surface area contributed by atoms with Crippen LogP contribution in [0.1, 0.15) is 45.0 Å². The highest BCUT2D eigenvalue weighted by Gasteiger charge is 2.34. The molecular weight excluding hydrogens is 800 g/mol. The van der Waals surface area contributed by atoms with Crippen molar-refractivity contribution in [3.05, 3.63) is 91.2 Å². The van der Waals surface area contributed by atoms with Crippen molar-refractivity contribution in [1.29, 1.82) is 0 Å². The summed E-state index contributed by atoms with van der Waals surface area (Å²) in [6.45, 7) is 3.83. The molecule has 2 aromatic carbocycles. The number of amides is 2. The zero-order valence-electron chi connectivity index (χ0n) is 30.6. The minimum absolute atomic E-state index is 0.0142. The number of thiophene rings is 2. The van der Waals surface area contributed by atoms with Crippen LogP contribution in [0.2, 0.25) is 8.67 Å². The molecule has 0 aliphatic carbocycles. The number of hydrogen-bond donors (Lipinski definition) is 3. The first-order valence-electron chi connectivity index (χ1n) is 18.0. The number of nitrogens with one attached hydrogen (secondary N) is 2. The van der Waals surface area contributed by atoms with E-state index in [1.807, 2.05) is 60.6 Å². The summed E-state index contributed by atoms with van der Waals surface area (Å²) in [6.07, 6.45) is 1.89. The van der Waals surface area contributed by atoms with Gasteiger partial charge in [0.1, 0.15) is 18.5 Å². The van der Waals surface area contributed by atoms with Crippen LogP contribution >= 0.6 is 45.9 Å². The van der Waals surface area contributed by atoms with Crippen molar-refractivity contribution >= 4 is 98.7 Å². The van der Waals surface area contributed by atoms with Crippen LogP contribution < -0.4 is 36.4 Å². The minimum Gasteiger partial charge on any atom is -0.444 e. The summed E-state index contributed by atoms with van der Waals surface area (Å²) in [6, 6.07) is 22.0. The summed E-state index contributed by atoms with van der Waals surface area (Å²) in [5.74, 6) is 6.04. The molecule has 2 fully saturated rings. The molecule has 4 aromatic rings. The van der Waals surface area contributed by atoms with Crippen molar-refractivity contribution in [1.82, 2.24) is 10.7 Å². The van der Waals surface area contributed by atoms with E-state index in [0.717, 1.165) is 42.4 Å². The lowest BCUT2D eigenvalue weighted by atomic mass is 10.1. The van der Waals surface area contributed by atoms with Crippen LogP contribution in [0.5, 0.6) is 0 Å². The number of nitrogens with two attached hydrogens (primary N) is 1. The van der Waals surface area contributed by atoms with Gasteiger partial charge in [0.05, 0.1) is 56.0 Å². The van der Waals surface area contributed by atoms with Crippen LogP contribution in [0.25, 0.3) is 0 Å². The third-order valence-electron chi connectivity index (χ3n) is 9.16. The number of rotatable bonds is 15. The monoisotopic (exact) mass is 840 g/mol. The second-order valence-electron chi connectivity index (χ2n) is 13.0. The standard InChI is InChI=1S/C19H19ClN4O3S.C19H23ClN4O3S/c20-18-8-7-17(28-18)16(25)6-5-15-11-23(19(26)27-15)13-1-3-14(4-2-13)24-10-9-21-12-22-24;1-22-10-11-24(21)14-4-2-13(3-5-14)23-12-15(27-19(23)26)6-7-16(25)17-8-9-18(20)28-17/h1-4,7-8,12,15H,5-6,9-11H2,(H,21,22);2-5,8-9,15,22H,6-7,10-12,21H2,1H3/t2*15-/m00/s1. The number of Topliss-reactive ketones (excluding diaryl/α,β-unsaturated/α-hetero) is 2. The van der Waals surface area contributed by atoms with Crippen molar-refractivity contribution < 1.29 is 28.7 Å². The molecular formula is C38H42Cl2N8O6S2. The number of aliphatic imine (C=N–C) groups is 1. The quantitative estimate of drug-likeness (QED) is 0.0640. The zero-order chi connectivity index (χ0) is 39.6. The normalized spacial score (nSPS) is 17.6. The van der Waals surface area contributed by atoms with Gasteiger partial charge in [0.15, 0.2) is 11.6 Å². The van der Waals surface area contributed by atoms with E-state index in [1.165, 1.54) is 22.7 Å². The van der Waals surface area contributed by atoms with Gasteiger partial charge >= 0.3 is 12.2 Å². The van der Waals surface area contributed by atoms with Gasteiger partial charge in [-0.05, 0) is 92.7 Å². The number of nitrogens with zero attached hydrogens (tertiary/aromatic N) is 5. The van der Waals surface area contributed by atoms with Crippen LogP contribution in [0.4, 0.5) is 32.3 Å². The zero-order valence-corrected chi connectivity index (χ0v) is 33.7. The van der Waals surface area contributed by atoms with E-state index in [1.54, 1.807) is 45.4 Å². The molecule has 7 rings (SSSR count). The topological polar surface area (TPSA) is 162 Å². The molecule has 3 aliphatic heterocycles. The first-order chi connectivity index (χ1) is 27.1. The Kier molecular flexibility index (Phi) is 14.2. The number of halogens is 2. The molecule has 2 amide bonds. The third-order valence-corrected chi connectivity index (χ3v) is 11.7. The third kappa shape index (κ3) is 10.8. The SMILES string of the molecule is CNCCN(N)c1ccc(N2C[C@H](CCC(=O)c3ccc(Cl)s3)OC2=O)cc1.O=C(CC[C@H]1CN(c2ccc(N3CCN=CN3)cc2)C(=O)O1)c1ccc(Cl)s1. The molecule has 2 atom stereocenters. The van der Waals surface area contributed by atoms with Gasteiger partial charge in [-0.25, -0.2) is 15.4 Å². The number of carbonyl (C=O) groups excluding carboxylic acids is 4. The molecule has 14 nitrogen and oxygen atoms in total. The number of ketones is 2. The predicted molar refractivity (Wildman–Crippen MR) is 223 cm³/mol. The molecule has 5 heterocycles. The van der Waals surface area contributed by atoms with Crippen molar-refractivity contribution in [3.63, 3.8) is 0 Å². The van der Waals surface area contributed by atoms with Crippen LogP contribution in [-0.2, 0) is 9.47 Å². The van der Waals surface area contributed by atoms with Crippen LogP contribution in [0.15, 0.2) is 77.8 Å². The van der Waals surface area contributed by atoms with Crippen molar-refractivity contribution in [2.24, 2.45) is 10.8 Å². The Bertz CT molecular complexity index is 2010. The Morgan fingerprint density at radius 3 is 1.77 bits per heavy atom. The lowest BCUT2D eigenvalue weighted by Gasteiger charge is -2.26. The minimum atomic E-state index is -0.399. The van der Waals surface area contributed by atoms with Crippen LogP contribution in [0, 0.1) is 0 Å². The molecule has 2 aromatic heterocycles. The Balaban J connectivity index is 0.000000190. The second kappa shape index (κ2) is 19.4. The molecule has 296 valence electrons. The summed E-state index contributed by atoms with van der Waals surface area (Å²) < 4.78 is 12.0. The van der Waals surface area contributed by atoms with Gasteiger partial charge < -0.3 is 19.8 Å². The lowest BCUT2D eigenvalue weighted by molar-refractivity contribution is 0.0939. The number of ether oxygens (including phenoxy) is 2. The fourth-order valence-corrected chi connectivity index (χ4v) is 8.14. The summed E-state index contributed by atoms with van der Waals surface area (Å²) in [5.41, 5.74) is 6.46. The first kappa shape index (κ1) is 40.9. The van der Waals surface area contributed by atoms with Gasteiger partial charge in [0.25, 0.3) is 0 Å².